The standard InChI is InChI=1S/C24H37NO4/c1-4-28-14-13-25-22(27)29-17-9-11-23(2)16(15-17)5-6-18-19-7-8-21(26)24(19,3)12-10-20(18)23/h5,17-20H,4,6-15H2,1-3H3,(H,25,27)/t17-,18?,19?,20?,23+,24+/m1/s1. The van der Waals surface area contributed by atoms with Crippen molar-refractivity contribution in [1.29, 1.82) is 0 Å². The predicted molar refractivity (Wildman–Crippen MR) is 111 cm³/mol. The Morgan fingerprint density at radius 2 is 1.93 bits per heavy atom. The first kappa shape index (κ1) is 20.9. The molecule has 0 aromatic heterocycles. The van der Waals surface area contributed by atoms with E-state index in [2.05, 4.69) is 25.2 Å². The highest BCUT2D eigenvalue weighted by molar-refractivity contribution is 5.87. The Morgan fingerprint density at radius 1 is 1.17 bits per heavy atom. The molecule has 1 amide bonds. The number of alkyl carbamates (subject to hydrolysis) is 1. The number of hydrogen-bond donors (Lipinski definition) is 1. The van der Waals surface area contributed by atoms with Crippen molar-refractivity contribution in [2.24, 2.45) is 28.6 Å². The number of rotatable bonds is 5. The van der Waals surface area contributed by atoms with E-state index in [1.54, 1.807) is 0 Å². The first-order valence-electron chi connectivity index (χ1n) is 11.6. The summed E-state index contributed by atoms with van der Waals surface area (Å²) in [6.45, 7) is 8.28. The summed E-state index contributed by atoms with van der Waals surface area (Å²) < 4.78 is 11.0. The number of nitrogens with one attached hydrogen (secondary N) is 1. The highest BCUT2D eigenvalue weighted by Crippen LogP contribution is 2.64. The SMILES string of the molecule is CCOCCNC(=O)O[C@@H]1CC[C@@]2(C)C(=CCC3C2CC[C@]2(C)C(=O)CCC32)C1. The van der Waals surface area contributed by atoms with Crippen molar-refractivity contribution in [3.63, 3.8) is 0 Å². The van der Waals surface area contributed by atoms with Gasteiger partial charge in [0.2, 0.25) is 0 Å². The highest BCUT2D eigenvalue weighted by atomic mass is 16.6. The molecule has 1 N–H and O–H groups in total. The number of amides is 1. The Morgan fingerprint density at radius 3 is 2.72 bits per heavy atom. The summed E-state index contributed by atoms with van der Waals surface area (Å²) in [6.07, 6.45) is 10.1. The van der Waals surface area contributed by atoms with Gasteiger partial charge in [0, 0.05) is 31.4 Å². The van der Waals surface area contributed by atoms with Crippen molar-refractivity contribution in [2.45, 2.75) is 78.2 Å². The van der Waals surface area contributed by atoms with Gasteiger partial charge in [0.1, 0.15) is 11.9 Å². The molecule has 5 nitrogen and oxygen atoms in total. The van der Waals surface area contributed by atoms with Crippen LogP contribution >= 0.6 is 0 Å². The molecule has 0 aromatic rings. The van der Waals surface area contributed by atoms with Crippen molar-refractivity contribution in [3.8, 4) is 0 Å². The van der Waals surface area contributed by atoms with Crippen LogP contribution in [0.2, 0.25) is 0 Å². The monoisotopic (exact) mass is 403 g/mol. The lowest BCUT2D eigenvalue weighted by atomic mass is 9.48. The van der Waals surface area contributed by atoms with Gasteiger partial charge >= 0.3 is 6.09 Å². The van der Waals surface area contributed by atoms with Crippen LogP contribution in [0.3, 0.4) is 0 Å². The van der Waals surface area contributed by atoms with Crippen LogP contribution in [0.5, 0.6) is 0 Å². The van der Waals surface area contributed by atoms with E-state index in [0.29, 0.717) is 43.3 Å². The zero-order valence-corrected chi connectivity index (χ0v) is 18.3. The average Bonchev–Trinajstić information content (AvgIpc) is 3.00. The molecule has 0 aromatic carbocycles. The molecule has 29 heavy (non-hydrogen) atoms. The van der Waals surface area contributed by atoms with E-state index in [-0.39, 0.29) is 23.0 Å². The maximum atomic E-state index is 12.5. The minimum Gasteiger partial charge on any atom is -0.446 e. The topological polar surface area (TPSA) is 64.6 Å². The third-order valence-electron chi connectivity index (χ3n) is 8.76. The Kier molecular flexibility index (Phi) is 5.80. The third-order valence-corrected chi connectivity index (χ3v) is 8.76. The largest absolute Gasteiger partial charge is 0.446 e. The van der Waals surface area contributed by atoms with Crippen LogP contribution in [0.4, 0.5) is 4.79 Å². The molecule has 4 rings (SSSR count). The summed E-state index contributed by atoms with van der Waals surface area (Å²) in [4.78, 5) is 24.6. The lowest BCUT2D eigenvalue weighted by Crippen LogP contribution is -2.50. The summed E-state index contributed by atoms with van der Waals surface area (Å²) in [6, 6.07) is 0. The van der Waals surface area contributed by atoms with Gasteiger partial charge in [-0.25, -0.2) is 4.79 Å². The van der Waals surface area contributed by atoms with E-state index in [4.69, 9.17) is 9.47 Å². The first-order chi connectivity index (χ1) is 13.9. The summed E-state index contributed by atoms with van der Waals surface area (Å²) in [5.41, 5.74) is 1.63. The van der Waals surface area contributed by atoms with Gasteiger partial charge in [-0.2, -0.15) is 0 Å². The fourth-order valence-electron chi connectivity index (χ4n) is 7.06. The number of Topliss-reactive ketones (excluding diaryl/α,β-unsaturated/α-hetero) is 1. The van der Waals surface area contributed by atoms with Crippen molar-refractivity contribution in [3.05, 3.63) is 11.6 Å². The average molecular weight is 404 g/mol. The molecule has 6 atom stereocenters. The van der Waals surface area contributed by atoms with Crippen LogP contribution in [-0.2, 0) is 14.3 Å². The molecule has 3 unspecified atom stereocenters. The molecule has 5 heteroatoms. The van der Waals surface area contributed by atoms with Gasteiger partial charge in [0.05, 0.1) is 6.61 Å². The smallest absolute Gasteiger partial charge is 0.407 e. The van der Waals surface area contributed by atoms with Crippen molar-refractivity contribution in [2.75, 3.05) is 19.8 Å². The van der Waals surface area contributed by atoms with E-state index >= 15 is 0 Å². The van der Waals surface area contributed by atoms with E-state index in [0.717, 1.165) is 44.9 Å². The second-order valence-electron chi connectivity index (χ2n) is 10.1. The maximum Gasteiger partial charge on any atom is 0.407 e. The summed E-state index contributed by atoms with van der Waals surface area (Å²) in [5, 5.41) is 2.79. The Balaban J connectivity index is 1.39. The summed E-state index contributed by atoms with van der Waals surface area (Å²) >= 11 is 0. The number of ether oxygens (including phenoxy) is 2. The van der Waals surface area contributed by atoms with E-state index in [1.807, 2.05) is 6.92 Å². The molecule has 0 aliphatic heterocycles. The van der Waals surface area contributed by atoms with Crippen LogP contribution < -0.4 is 5.32 Å². The lowest BCUT2D eigenvalue weighted by Gasteiger charge is -2.56. The van der Waals surface area contributed by atoms with Gasteiger partial charge < -0.3 is 14.8 Å². The van der Waals surface area contributed by atoms with Gasteiger partial charge in [0.15, 0.2) is 0 Å². The Labute approximate surface area is 175 Å². The molecule has 162 valence electrons. The number of carbonyl (C=O) groups is 2. The number of ketones is 1. The molecule has 0 spiro atoms. The lowest BCUT2D eigenvalue weighted by molar-refractivity contribution is -0.132. The van der Waals surface area contributed by atoms with Crippen LogP contribution in [0.1, 0.15) is 72.1 Å². The maximum absolute atomic E-state index is 12.5. The molecule has 4 aliphatic rings. The number of fused-ring (bicyclic) bond motifs is 5. The zero-order chi connectivity index (χ0) is 20.6. The number of carbonyl (C=O) groups excluding carboxylic acids is 2. The summed E-state index contributed by atoms with van der Waals surface area (Å²) in [7, 11) is 0. The van der Waals surface area contributed by atoms with Gasteiger partial charge in [-0.05, 0) is 68.6 Å². The predicted octanol–water partition coefficient (Wildman–Crippen LogP) is 4.65. The van der Waals surface area contributed by atoms with Crippen LogP contribution in [-0.4, -0.2) is 37.7 Å². The zero-order valence-electron chi connectivity index (χ0n) is 18.3. The molecule has 4 aliphatic carbocycles. The van der Waals surface area contributed by atoms with E-state index in [1.165, 1.54) is 12.0 Å². The highest BCUT2D eigenvalue weighted by Gasteiger charge is 2.58. The van der Waals surface area contributed by atoms with Crippen LogP contribution in [0, 0.1) is 28.6 Å². The van der Waals surface area contributed by atoms with Crippen LogP contribution in [0.25, 0.3) is 0 Å². The Bertz CT molecular complexity index is 688. The van der Waals surface area contributed by atoms with Crippen molar-refractivity contribution < 1.29 is 19.1 Å². The molecular formula is C24H37NO4. The van der Waals surface area contributed by atoms with Gasteiger partial charge in [0.25, 0.3) is 0 Å². The normalized spacial score (nSPS) is 41.1. The second kappa shape index (κ2) is 8.05. The minimum absolute atomic E-state index is 0.0279. The molecular weight excluding hydrogens is 366 g/mol. The molecule has 3 saturated carbocycles. The van der Waals surface area contributed by atoms with Gasteiger partial charge in [-0.1, -0.05) is 25.5 Å². The first-order valence-corrected chi connectivity index (χ1v) is 11.6. The molecule has 0 radical (unpaired) electrons. The van der Waals surface area contributed by atoms with Gasteiger partial charge in [-0.15, -0.1) is 0 Å². The van der Waals surface area contributed by atoms with Crippen molar-refractivity contribution in [1.82, 2.24) is 5.32 Å². The molecule has 3 fully saturated rings. The Hall–Kier alpha value is -1.36. The fraction of sp³-hybridized carbons (Fsp3) is 0.833. The molecule has 0 saturated heterocycles. The third kappa shape index (κ3) is 3.64. The molecule has 0 bridgehead atoms. The van der Waals surface area contributed by atoms with Crippen LogP contribution in [0.15, 0.2) is 11.6 Å². The molecule has 0 heterocycles. The van der Waals surface area contributed by atoms with E-state index in [9.17, 15) is 9.59 Å². The number of hydrogen-bond acceptors (Lipinski definition) is 4. The van der Waals surface area contributed by atoms with E-state index < -0.39 is 0 Å². The fourth-order valence-corrected chi connectivity index (χ4v) is 7.06. The minimum atomic E-state index is -0.328. The second-order valence-corrected chi connectivity index (χ2v) is 10.1. The van der Waals surface area contributed by atoms with Crippen molar-refractivity contribution >= 4 is 11.9 Å². The number of allylic oxidation sites excluding steroid dienone is 1. The van der Waals surface area contributed by atoms with Gasteiger partial charge in [-0.3, -0.25) is 4.79 Å². The summed E-state index contributed by atoms with van der Waals surface area (Å²) in [5.74, 6) is 2.39. The quantitative estimate of drug-likeness (QED) is 0.536.